The molecule has 2 rings (SSSR count). The predicted molar refractivity (Wildman–Crippen MR) is 75.1 cm³/mol. The van der Waals surface area contributed by atoms with E-state index in [4.69, 9.17) is 11.6 Å². The van der Waals surface area contributed by atoms with Gasteiger partial charge in [-0.1, -0.05) is 18.5 Å². The number of nitrogens with zero attached hydrogens (tertiary/aromatic N) is 2. The highest BCUT2D eigenvalue weighted by Gasteiger charge is 2.18. The summed E-state index contributed by atoms with van der Waals surface area (Å²) in [7, 11) is 0. The van der Waals surface area contributed by atoms with Gasteiger partial charge in [0.25, 0.3) is 0 Å². The molecule has 0 saturated heterocycles. The highest BCUT2D eigenvalue weighted by atomic mass is 35.5. The Morgan fingerprint density at radius 3 is 2.63 bits per heavy atom. The molecular formula is C15H16ClFN2. The van der Waals surface area contributed by atoms with Crippen molar-refractivity contribution in [1.82, 2.24) is 9.97 Å². The van der Waals surface area contributed by atoms with Crippen LogP contribution in [0.15, 0.2) is 24.4 Å². The van der Waals surface area contributed by atoms with Gasteiger partial charge in [-0.15, -0.1) is 0 Å². The molecule has 0 aliphatic carbocycles. The van der Waals surface area contributed by atoms with Crippen molar-refractivity contribution >= 4 is 11.6 Å². The summed E-state index contributed by atoms with van der Waals surface area (Å²) < 4.78 is 13.4. The third kappa shape index (κ3) is 2.92. The lowest BCUT2D eigenvalue weighted by Gasteiger charge is -2.17. The number of halogens is 2. The Morgan fingerprint density at radius 2 is 2.00 bits per heavy atom. The van der Waals surface area contributed by atoms with Crippen LogP contribution >= 0.6 is 11.6 Å². The topological polar surface area (TPSA) is 25.8 Å². The average molecular weight is 279 g/mol. The molecule has 0 radical (unpaired) electrons. The number of hydrogen-bond donors (Lipinski definition) is 0. The van der Waals surface area contributed by atoms with Crippen molar-refractivity contribution < 1.29 is 4.39 Å². The van der Waals surface area contributed by atoms with Crippen LogP contribution in [0, 0.1) is 19.7 Å². The largest absolute Gasteiger partial charge is 0.258 e. The first kappa shape index (κ1) is 13.9. The molecule has 0 N–H and O–H groups in total. The van der Waals surface area contributed by atoms with E-state index in [9.17, 15) is 4.39 Å². The first-order valence-corrected chi connectivity index (χ1v) is 6.65. The van der Waals surface area contributed by atoms with Crippen molar-refractivity contribution in [3.63, 3.8) is 0 Å². The summed E-state index contributed by atoms with van der Waals surface area (Å²) >= 11 is 6.18. The molecule has 0 fully saturated rings. The number of hydrogen-bond acceptors (Lipinski definition) is 2. The molecule has 4 heteroatoms. The fraction of sp³-hybridized carbons (Fsp3) is 0.333. The minimum atomic E-state index is -0.283. The van der Waals surface area contributed by atoms with Crippen LogP contribution in [0.25, 0.3) is 0 Å². The quantitative estimate of drug-likeness (QED) is 0.830. The maximum atomic E-state index is 13.4. The molecule has 0 unspecified atom stereocenters. The highest BCUT2D eigenvalue weighted by Crippen LogP contribution is 2.32. The summed E-state index contributed by atoms with van der Waals surface area (Å²) in [5.74, 6) is -0.315. The van der Waals surface area contributed by atoms with Gasteiger partial charge in [0.1, 0.15) is 5.82 Å². The van der Waals surface area contributed by atoms with E-state index in [1.807, 2.05) is 20.8 Å². The Labute approximate surface area is 117 Å². The number of benzene rings is 1. The van der Waals surface area contributed by atoms with E-state index in [-0.39, 0.29) is 11.7 Å². The van der Waals surface area contributed by atoms with E-state index in [1.165, 1.54) is 12.1 Å². The van der Waals surface area contributed by atoms with Crippen molar-refractivity contribution in [2.24, 2.45) is 0 Å². The molecule has 100 valence electrons. The Bertz CT molecular complexity index is 599. The predicted octanol–water partition coefficient (Wildman–Crippen LogP) is 4.43. The first-order valence-electron chi connectivity index (χ1n) is 6.28. The van der Waals surface area contributed by atoms with Crippen LogP contribution < -0.4 is 0 Å². The fourth-order valence-electron chi connectivity index (χ4n) is 2.10. The molecule has 0 aliphatic heterocycles. The first-order chi connectivity index (χ1) is 9.02. The Morgan fingerprint density at radius 1 is 1.26 bits per heavy atom. The summed E-state index contributed by atoms with van der Waals surface area (Å²) in [6, 6.07) is 4.43. The molecule has 0 amide bonds. The zero-order chi connectivity index (χ0) is 14.0. The summed E-state index contributed by atoms with van der Waals surface area (Å²) in [5.41, 5.74) is 3.40. The van der Waals surface area contributed by atoms with E-state index >= 15 is 0 Å². The van der Waals surface area contributed by atoms with E-state index in [2.05, 4.69) is 9.97 Å². The maximum absolute atomic E-state index is 13.4. The normalized spacial score (nSPS) is 12.5. The van der Waals surface area contributed by atoms with Gasteiger partial charge in [-0.25, -0.2) is 4.39 Å². The van der Waals surface area contributed by atoms with E-state index < -0.39 is 0 Å². The Hall–Kier alpha value is -1.48. The maximum Gasteiger partial charge on any atom is 0.123 e. The van der Waals surface area contributed by atoms with Crippen molar-refractivity contribution in [1.29, 1.82) is 0 Å². The second-order valence-electron chi connectivity index (χ2n) is 4.59. The summed E-state index contributed by atoms with van der Waals surface area (Å²) in [6.07, 6.45) is 2.54. The van der Waals surface area contributed by atoms with E-state index in [0.717, 1.165) is 29.1 Å². The summed E-state index contributed by atoms with van der Waals surface area (Å²) in [6.45, 7) is 5.87. The van der Waals surface area contributed by atoms with E-state index in [0.29, 0.717) is 5.02 Å². The van der Waals surface area contributed by atoms with Crippen LogP contribution in [0.1, 0.15) is 41.9 Å². The molecule has 0 bridgehead atoms. The molecule has 19 heavy (non-hydrogen) atoms. The van der Waals surface area contributed by atoms with Gasteiger partial charge >= 0.3 is 0 Å². The highest BCUT2D eigenvalue weighted by molar-refractivity contribution is 6.31. The summed E-state index contributed by atoms with van der Waals surface area (Å²) in [5, 5.41) is 0.563. The second kappa shape index (κ2) is 5.66. The van der Waals surface area contributed by atoms with Gasteiger partial charge in [0, 0.05) is 17.1 Å². The zero-order valence-corrected chi connectivity index (χ0v) is 12.0. The van der Waals surface area contributed by atoms with Gasteiger partial charge in [-0.05, 0) is 44.0 Å². The smallest absolute Gasteiger partial charge is 0.123 e. The Balaban J connectivity index is 2.49. The number of rotatable bonds is 3. The van der Waals surface area contributed by atoms with Gasteiger partial charge in [-0.3, -0.25) is 9.97 Å². The van der Waals surface area contributed by atoms with Gasteiger partial charge in [0.15, 0.2) is 0 Å². The Kier molecular flexibility index (Phi) is 4.15. The number of aromatic nitrogens is 2. The third-order valence-electron chi connectivity index (χ3n) is 3.31. The van der Waals surface area contributed by atoms with Crippen molar-refractivity contribution in [3.05, 3.63) is 57.9 Å². The molecule has 0 aliphatic rings. The standard InChI is InChI=1S/C15H16ClFN2/c1-4-12(13-7-11(17)5-6-14(13)16)15-8-18-9(2)10(3)19-15/h5-8,12H,4H2,1-3H3/t12-/m1/s1. The number of aryl methyl sites for hydroxylation is 2. The van der Waals surface area contributed by atoms with Crippen LogP contribution in [0.4, 0.5) is 4.39 Å². The van der Waals surface area contributed by atoms with Crippen LogP contribution in [-0.2, 0) is 0 Å². The molecule has 1 heterocycles. The van der Waals surface area contributed by atoms with Gasteiger partial charge in [0.05, 0.1) is 17.1 Å². The molecule has 0 spiro atoms. The van der Waals surface area contributed by atoms with Crippen LogP contribution in [0.3, 0.4) is 0 Å². The molecule has 0 saturated carbocycles. The molecule has 2 aromatic rings. The van der Waals surface area contributed by atoms with Crippen molar-refractivity contribution in [2.75, 3.05) is 0 Å². The molecule has 1 atom stereocenters. The molecule has 1 aromatic carbocycles. The second-order valence-corrected chi connectivity index (χ2v) is 5.00. The fourth-order valence-corrected chi connectivity index (χ4v) is 2.35. The molecule has 1 aromatic heterocycles. The van der Waals surface area contributed by atoms with Crippen LogP contribution in [-0.4, -0.2) is 9.97 Å². The van der Waals surface area contributed by atoms with Crippen LogP contribution in [0.5, 0.6) is 0 Å². The molecular weight excluding hydrogens is 263 g/mol. The lowest BCUT2D eigenvalue weighted by molar-refractivity contribution is 0.621. The minimum absolute atomic E-state index is 0.0324. The monoisotopic (exact) mass is 278 g/mol. The minimum Gasteiger partial charge on any atom is -0.258 e. The van der Waals surface area contributed by atoms with E-state index in [1.54, 1.807) is 12.3 Å². The van der Waals surface area contributed by atoms with Crippen molar-refractivity contribution in [2.45, 2.75) is 33.1 Å². The van der Waals surface area contributed by atoms with Gasteiger partial charge < -0.3 is 0 Å². The average Bonchev–Trinajstić information content (AvgIpc) is 2.38. The molecule has 2 nitrogen and oxygen atoms in total. The van der Waals surface area contributed by atoms with Gasteiger partial charge in [-0.2, -0.15) is 0 Å². The SMILES string of the molecule is CC[C@@H](c1cnc(C)c(C)n1)c1cc(F)ccc1Cl. The third-order valence-corrected chi connectivity index (χ3v) is 3.65. The lowest BCUT2D eigenvalue weighted by atomic mass is 9.93. The lowest BCUT2D eigenvalue weighted by Crippen LogP contribution is -2.06. The van der Waals surface area contributed by atoms with Gasteiger partial charge in [0.2, 0.25) is 0 Å². The zero-order valence-electron chi connectivity index (χ0n) is 11.2. The summed E-state index contributed by atoms with van der Waals surface area (Å²) in [4.78, 5) is 8.87. The van der Waals surface area contributed by atoms with Crippen molar-refractivity contribution in [3.8, 4) is 0 Å². The van der Waals surface area contributed by atoms with Crippen LogP contribution in [0.2, 0.25) is 5.02 Å².